The predicted molar refractivity (Wildman–Crippen MR) is 79.2 cm³/mol. The number of amides is 1. The largest absolute Gasteiger partial charge is 0.323 e. The zero-order valence-electron chi connectivity index (χ0n) is 10.9. The molecule has 8 heteroatoms. The zero-order valence-corrected chi connectivity index (χ0v) is 13.3. The summed E-state index contributed by atoms with van der Waals surface area (Å²) in [5.41, 5.74) is 0.160. The third-order valence-electron chi connectivity index (χ3n) is 2.59. The van der Waals surface area contributed by atoms with Gasteiger partial charge in [-0.1, -0.05) is 27.7 Å². The number of nitrogens with one attached hydrogen (secondary N) is 1. The molecule has 106 valence electrons. The average Bonchev–Trinajstić information content (AvgIpc) is 2.71. The molecule has 1 aromatic carbocycles. The van der Waals surface area contributed by atoms with Crippen molar-refractivity contribution in [3.63, 3.8) is 0 Å². The molecule has 0 spiro atoms. The smallest absolute Gasteiger partial charge is 0.234 e. The molecule has 1 aromatic heterocycles. The SMILES string of the molecule is Cc1nnc(SCC(=O)Nc2ccc(Br)cc2F)n1C. The van der Waals surface area contributed by atoms with Crippen LogP contribution in [0.15, 0.2) is 27.8 Å². The van der Waals surface area contributed by atoms with Gasteiger partial charge >= 0.3 is 0 Å². The van der Waals surface area contributed by atoms with Gasteiger partial charge in [-0.3, -0.25) is 4.79 Å². The number of hydrogen-bond donors (Lipinski definition) is 1. The molecule has 2 aromatic rings. The van der Waals surface area contributed by atoms with Crippen LogP contribution in [0.5, 0.6) is 0 Å². The maximum atomic E-state index is 13.6. The number of aryl methyl sites for hydroxylation is 1. The zero-order chi connectivity index (χ0) is 14.7. The van der Waals surface area contributed by atoms with E-state index in [4.69, 9.17) is 0 Å². The highest BCUT2D eigenvalue weighted by atomic mass is 79.9. The molecule has 0 radical (unpaired) electrons. The Morgan fingerprint density at radius 3 is 2.85 bits per heavy atom. The van der Waals surface area contributed by atoms with Crippen LogP contribution < -0.4 is 5.32 Å². The molecule has 0 saturated carbocycles. The van der Waals surface area contributed by atoms with E-state index in [1.807, 2.05) is 14.0 Å². The quantitative estimate of drug-likeness (QED) is 0.853. The molecule has 1 N–H and O–H groups in total. The van der Waals surface area contributed by atoms with E-state index in [2.05, 4.69) is 31.4 Å². The fourth-order valence-corrected chi connectivity index (χ4v) is 2.51. The number of hydrogen-bond acceptors (Lipinski definition) is 4. The van der Waals surface area contributed by atoms with Gasteiger partial charge < -0.3 is 9.88 Å². The monoisotopic (exact) mass is 358 g/mol. The van der Waals surface area contributed by atoms with E-state index in [1.54, 1.807) is 10.6 Å². The van der Waals surface area contributed by atoms with Gasteiger partial charge in [-0.05, 0) is 25.1 Å². The van der Waals surface area contributed by atoms with E-state index in [9.17, 15) is 9.18 Å². The molecule has 0 atom stereocenters. The molecular formula is C12H12BrFN4OS. The Balaban J connectivity index is 1.94. The average molecular weight is 359 g/mol. The lowest BCUT2D eigenvalue weighted by atomic mass is 10.3. The number of carbonyl (C=O) groups is 1. The molecule has 0 aliphatic carbocycles. The van der Waals surface area contributed by atoms with E-state index in [0.717, 1.165) is 5.82 Å². The Kier molecular flexibility index (Phi) is 4.77. The highest BCUT2D eigenvalue weighted by Crippen LogP contribution is 2.20. The molecule has 0 fully saturated rings. The number of nitrogens with zero attached hydrogens (tertiary/aromatic N) is 3. The summed E-state index contributed by atoms with van der Waals surface area (Å²) in [6, 6.07) is 4.47. The molecule has 5 nitrogen and oxygen atoms in total. The summed E-state index contributed by atoms with van der Waals surface area (Å²) in [5, 5.41) is 11.0. The van der Waals surface area contributed by atoms with E-state index >= 15 is 0 Å². The molecular weight excluding hydrogens is 347 g/mol. The lowest BCUT2D eigenvalue weighted by Gasteiger charge is -2.06. The second-order valence-electron chi connectivity index (χ2n) is 4.05. The molecule has 1 amide bonds. The number of rotatable bonds is 4. The Bertz CT molecular complexity index is 646. The summed E-state index contributed by atoms with van der Waals surface area (Å²) < 4.78 is 16.0. The first-order chi connectivity index (χ1) is 9.47. The number of halogens is 2. The second kappa shape index (κ2) is 6.36. The van der Waals surface area contributed by atoms with Crippen LogP contribution >= 0.6 is 27.7 Å². The van der Waals surface area contributed by atoms with E-state index < -0.39 is 5.82 Å². The normalized spacial score (nSPS) is 10.6. The third-order valence-corrected chi connectivity index (χ3v) is 4.10. The van der Waals surface area contributed by atoms with Crippen LogP contribution in [0.3, 0.4) is 0 Å². The first-order valence-corrected chi connectivity index (χ1v) is 7.49. The minimum absolute atomic E-state index is 0.140. The van der Waals surface area contributed by atoms with Crippen LogP contribution in [0.4, 0.5) is 10.1 Å². The second-order valence-corrected chi connectivity index (χ2v) is 5.91. The highest BCUT2D eigenvalue weighted by molar-refractivity contribution is 9.10. The maximum absolute atomic E-state index is 13.6. The molecule has 0 unspecified atom stereocenters. The number of aromatic nitrogens is 3. The van der Waals surface area contributed by atoms with E-state index in [1.165, 1.54) is 23.9 Å². The minimum atomic E-state index is -0.479. The Hall–Kier alpha value is -1.41. The van der Waals surface area contributed by atoms with Crippen LogP contribution in [-0.2, 0) is 11.8 Å². The molecule has 2 rings (SSSR count). The minimum Gasteiger partial charge on any atom is -0.323 e. The predicted octanol–water partition coefficient (Wildman–Crippen LogP) is 2.76. The summed E-state index contributed by atoms with van der Waals surface area (Å²) in [5.74, 6) is 0.137. The Morgan fingerprint density at radius 2 is 2.25 bits per heavy atom. The highest BCUT2D eigenvalue weighted by Gasteiger charge is 2.11. The summed E-state index contributed by atoms with van der Waals surface area (Å²) in [6.07, 6.45) is 0. The van der Waals surface area contributed by atoms with Crippen LogP contribution in [0.1, 0.15) is 5.82 Å². The van der Waals surface area contributed by atoms with Crippen LogP contribution in [0.2, 0.25) is 0 Å². The van der Waals surface area contributed by atoms with Crippen molar-refractivity contribution >= 4 is 39.3 Å². The van der Waals surface area contributed by atoms with Crippen LogP contribution in [0.25, 0.3) is 0 Å². The van der Waals surface area contributed by atoms with Gasteiger partial charge in [0.25, 0.3) is 0 Å². The summed E-state index contributed by atoms with van der Waals surface area (Å²) in [6.45, 7) is 1.83. The van der Waals surface area contributed by atoms with Crippen molar-refractivity contribution in [1.82, 2.24) is 14.8 Å². The summed E-state index contributed by atoms with van der Waals surface area (Å²) in [7, 11) is 1.82. The van der Waals surface area contributed by atoms with Gasteiger partial charge in [-0.25, -0.2) is 4.39 Å². The van der Waals surface area contributed by atoms with Crippen molar-refractivity contribution in [2.45, 2.75) is 12.1 Å². The molecule has 20 heavy (non-hydrogen) atoms. The lowest BCUT2D eigenvalue weighted by Crippen LogP contribution is -2.15. The fraction of sp³-hybridized carbons (Fsp3) is 0.250. The lowest BCUT2D eigenvalue weighted by molar-refractivity contribution is -0.113. The fourth-order valence-electron chi connectivity index (χ4n) is 1.42. The topological polar surface area (TPSA) is 59.8 Å². The third kappa shape index (κ3) is 3.57. The molecule has 0 bridgehead atoms. The Morgan fingerprint density at radius 1 is 1.50 bits per heavy atom. The molecule has 0 aliphatic rings. The van der Waals surface area contributed by atoms with Crippen molar-refractivity contribution < 1.29 is 9.18 Å². The number of carbonyl (C=O) groups excluding carboxylic acids is 1. The Labute approximate surface area is 128 Å². The van der Waals surface area contributed by atoms with Crippen molar-refractivity contribution in [1.29, 1.82) is 0 Å². The van der Waals surface area contributed by atoms with Gasteiger partial charge in [0.05, 0.1) is 11.4 Å². The molecule has 0 saturated heterocycles. The molecule has 0 aliphatic heterocycles. The van der Waals surface area contributed by atoms with Crippen molar-refractivity contribution in [3.05, 3.63) is 34.3 Å². The number of anilines is 1. The van der Waals surface area contributed by atoms with Gasteiger partial charge in [-0.2, -0.15) is 0 Å². The summed E-state index contributed by atoms with van der Waals surface area (Å²) >= 11 is 4.41. The van der Waals surface area contributed by atoms with Gasteiger partial charge in [0.15, 0.2) is 5.16 Å². The van der Waals surface area contributed by atoms with Crippen LogP contribution in [-0.4, -0.2) is 26.4 Å². The van der Waals surface area contributed by atoms with E-state index in [0.29, 0.717) is 9.63 Å². The van der Waals surface area contributed by atoms with Gasteiger partial charge in [0.1, 0.15) is 11.6 Å². The first-order valence-electron chi connectivity index (χ1n) is 5.71. The van der Waals surface area contributed by atoms with Gasteiger partial charge in [0, 0.05) is 11.5 Å². The van der Waals surface area contributed by atoms with Crippen molar-refractivity contribution in [2.24, 2.45) is 7.05 Å². The van der Waals surface area contributed by atoms with Crippen molar-refractivity contribution in [3.8, 4) is 0 Å². The number of benzene rings is 1. The van der Waals surface area contributed by atoms with Gasteiger partial charge in [0.2, 0.25) is 5.91 Å². The number of thioether (sulfide) groups is 1. The molecule has 1 heterocycles. The first kappa shape index (κ1) is 15.0. The van der Waals surface area contributed by atoms with E-state index in [-0.39, 0.29) is 17.3 Å². The van der Waals surface area contributed by atoms with Crippen molar-refractivity contribution in [2.75, 3.05) is 11.1 Å². The van der Waals surface area contributed by atoms with Crippen LogP contribution in [0, 0.1) is 12.7 Å². The maximum Gasteiger partial charge on any atom is 0.234 e. The van der Waals surface area contributed by atoms with Gasteiger partial charge in [-0.15, -0.1) is 10.2 Å². The summed E-state index contributed by atoms with van der Waals surface area (Å²) in [4.78, 5) is 11.8. The standard InChI is InChI=1S/C12H12BrFN4OS/c1-7-16-17-12(18(7)2)20-6-11(19)15-10-4-3-8(13)5-9(10)14/h3-5H,6H2,1-2H3,(H,15,19).